The van der Waals surface area contributed by atoms with Crippen LogP contribution in [-0.4, -0.2) is 52.8 Å². The molecule has 2 fully saturated rings. The number of rotatable bonds is 3. The Hall–Kier alpha value is -3.09. The van der Waals surface area contributed by atoms with Crippen molar-refractivity contribution < 1.29 is 14.4 Å². The van der Waals surface area contributed by atoms with Crippen molar-refractivity contribution in [1.29, 1.82) is 0 Å². The van der Waals surface area contributed by atoms with Gasteiger partial charge in [-0.3, -0.25) is 14.4 Å². The van der Waals surface area contributed by atoms with Crippen molar-refractivity contribution in [1.82, 2.24) is 20.5 Å². The number of H-pyrrole nitrogens is 1. The minimum absolute atomic E-state index is 0.0149. The van der Waals surface area contributed by atoms with Crippen LogP contribution < -0.4 is 10.6 Å². The summed E-state index contributed by atoms with van der Waals surface area (Å²) in [5.74, 6) is 0.222. The summed E-state index contributed by atoms with van der Waals surface area (Å²) in [5, 5.41) is 6.04. The fraction of sp³-hybridized carbons (Fsp3) is 0.409. The lowest BCUT2D eigenvalue weighted by Gasteiger charge is -2.40. The lowest BCUT2D eigenvalue weighted by molar-refractivity contribution is -0.135. The molecule has 2 aromatic rings. The van der Waals surface area contributed by atoms with Gasteiger partial charge < -0.3 is 20.5 Å². The molecule has 7 nitrogen and oxygen atoms in total. The average molecular weight is 392 g/mol. The van der Waals surface area contributed by atoms with Crippen LogP contribution in [0.25, 0.3) is 0 Å². The van der Waals surface area contributed by atoms with E-state index in [-0.39, 0.29) is 35.6 Å². The molecule has 2 unspecified atom stereocenters. The quantitative estimate of drug-likeness (QED) is 0.736. The van der Waals surface area contributed by atoms with Crippen molar-refractivity contribution in [3.05, 3.63) is 59.4 Å². The average Bonchev–Trinajstić information content (AvgIpc) is 3.33. The van der Waals surface area contributed by atoms with Crippen LogP contribution in [0.1, 0.15) is 39.3 Å². The lowest BCUT2D eigenvalue weighted by Crippen LogP contribution is -2.58. The molecule has 3 heterocycles. The molecular formula is C22H24N4O3. The molecule has 1 aromatic heterocycles. The summed E-state index contributed by atoms with van der Waals surface area (Å²) in [7, 11) is 0. The fourth-order valence-corrected chi connectivity index (χ4v) is 5.14. The van der Waals surface area contributed by atoms with Crippen LogP contribution in [0.4, 0.5) is 0 Å². The number of aromatic amines is 1. The van der Waals surface area contributed by atoms with Crippen LogP contribution in [0.2, 0.25) is 0 Å². The van der Waals surface area contributed by atoms with Gasteiger partial charge in [-0.1, -0.05) is 18.2 Å². The number of carbonyl (C=O) groups is 3. The number of fused-ring (bicyclic) bond motifs is 3. The first-order chi connectivity index (χ1) is 14.1. The predicted molar refractivity (Wildman–Crippen MR) is 106 cm³/mol. The molecule has 4 atom stereocenters. The van der Waals surface area contributed by atoms with E-state index in [1.54, 1.807) is 24.4 Å². The Bertz CT molecular complexity index is 941. The number of nitrogens with one attached hydrogen (secondary N) is 3. The van der Waals surface area contributed by atoms with Crippen molar-refractivity contribution in [3.8, 4) is 0 Å². The largest absolute Gasteiger partial charge is 0.357 e. The molecule has 7 heteroatoms. The molecule has 1 aromatic carbocycles. The molecule has 0 spiro atoms. The van der Waals surface area contributed by atoms with Gasteiger partial charge in [0.1, 0.15) is 11.7 Å². The number of aromatic nitrogens is 1. The number of piperidine rings is 1. The van der Waals surface area contributed by atoms with Gasteiger partial charge in [-0.15, -0.1) is 0 Å². The highest BCUT2D eigenvalue weighted by Crippen LogP contribution is 2.37. The molecule has 150 valence electrons. The minimum Gasteiger partial charge on any atom is -0.357 e. The third-order valence-electron chi connectivity index (χ3n) is 6.58. The summed E-state index contributed by atoms with van der Waals surface area (Å²) in [5.41, 5.74) is 2.14. The predicted octanol–water partition coefficient (Wildman–Crippen LogP) is 1.34. The van der Waals surface area contributed by atoms with Gasteiger partial charge >= 0.3 is 0 Å². The maximum atomic E-state index is 13.2. The van der Waals surface area contributed by atoms with Crippen molar-refractivity contribution in [3.63, 3.8) is 0 Å². The third kappa shape index (κ3) is 3.20. The normalized spacial score (nSPS) is 27.9. The highest BCUT2D eigenvalue weighted by Gasteiger charge is 2.45. The van der Waals surface area contributed by atoms with Gasteiger partial charge in [-0.05, 0) is 48.4 Å². The van der Waals surface area contributed by atoms with E-state index in [1.807, 2.05) is 23.1 Å². The monoisotopic (exact) mass is 392 g/mol. The molecule has 2 aliphatic heterocycles. The maximum Gasteiger partial charge on any atom is 0.267 e. The Morgan fingerprint density at radius 2 is 1.79 bits per heavy atom. The third-order valence-corrected chi connectivity index (χ3v) is 6.58. The van der Waals surface area contributed by atoms with E-state index in [2.05, 4.69) is 15.6 Å². The molecule has 5 rings (SSSR count). The van der Waals surface area contributed by atoms with E-state index in [1.165, 1.54) is 0 Å². The van der Waals surface area contributed by atoms with Crippen molar-refractivity contribution in [2.24, 2.45) is 11.8 Å². The Kier molecular flexibility index (Phi) is 4.38. The highest BCUT2D eigenvalue weighted by molar-refractivity contribution is 6.00. The Morgan fingerprint density at radius 1 is 1.03 bits per heavy atom. The van der Waals surface area contributed by atoms with Gasteiger partial charge in [-0.25, -0.2) is 0 Å². The standard InChI is InChI=1S/C22H24N4O3/c27-20-16-5-2-1-4-13(16)10-18(24-20)22(29)26-11-14-7-8-15(12-26)19(14)25-21(28)17-6-3-9-23-17/h1-6,9,14-15,18-19,23H,7-8,10-12H2,(H,24,27)(H,25,28)/t14-,15+,18?,19?. The van der Waals surface area contributed by atoms with Gasteiger partial charge in [0.25, 0.3) is 11.8 Å². The smallest absolute Gasteiger partial charge is 0.267 e. The summed E-state index contributed by atoms with van der Waals surface area (Å²) in [6.07, 6.45) is 4.27. The second-order valence-corrected chi connectivity index (χ2v) is 8.31. The molecule has 1 saturated heterocycles. The first-order valence-corrected chi connectivity index (χ1v) is 10.2. The van der Waals surface area contributed by atoms with E-state index in [0.717, 1.165) is 18.4 Å². The molecule has 29 heavy (non-hydrogen) atoms. The van der Waals surface area contributed by atoms with Gasteiger partial charge in [0.15, 0.2) is 0 Å². The first kappa shape index (κ1) is 18.0. The van der Waals surface area contributed by atoms with E-state index < -0.39 is 6.04 Å². The number of nitrogens with zero attached hydrogens (tertiary/aromatic N) is 1. The van der Waals surface area contributed by atoms with Gasteiger partial charge in [0, 0.05) is 37.3 Å². The Labute approximate surface area is 168 Å². The van der Waals surface area contributed by atoms with Crippen LogP contribution >= 0.6 is 0 Å². The molecule has 3 N–H and O–H groups in total. The zero-order valence-electron chi connectivity index (χ0n) is 16.1. The topological polar surface area (TPSA) is 94.3 Å². The number of likely N-dealkylation sites (tertiary alicyclic amines) is 1. The van der Waals surface area contributed by atoms with E-state index >= 15 is 0 Å². The maximum absolute atomic E-state index is 13.2. The van der Waals surface area contributed by atoms with Crippen LogP contribution in [0.15, 0.2) is 42.6 Å². The molecular weight excluding hydrogens is 368 g/mol. The van der Waals surface area contributed by atoms with E-state index in [4.69, 9.17) is 0 Å². The Balaban J connectivity index is 1.26. The van der Waals surface area contributed by atoms with Crippen LogP contribution in [0.3, 0.4) is 0 Å². The number of hydrogen-bond donors (Lipinski definition) is 3. The zero-order valence-corrected chi connectivity index (χ0v) is 16.1. The van der Waals surface area contributed by atoms with Crippen LogP contribution in [0.5, 0.6) is 0 Å². The fourth-order valence-electron chi connectivity index (χ4n) is 5.14. The Morgan fingerprint density at radius 3 is 2.52 bits per heavy atom. The van der Waals surface area contributed by atoms with Crippen molar-refractivity contribution in [2.75, 3.05) is 13.1 Å². The SMILES string of the molecule is O=C(NC1[C@@H]2CC[C@H]1CN(C(=O)C1Cc3ccccc3C(=O)N1)C2)c1ccc[nH]1. The van der Waals surface area contributed by atoms with Gasteiger partial charge in [0.2, 0.25) is 5.91 Å². The van der Waals surface area contributed by atoms with Crippen molar-refractivity contribution in [2.45, 2.75) is 31.3 Å². The van der Waals surface area contributed by atoms with Gasteiger partial charge in [-0.2, -0.15) is 0 Å². The minimum atomic E-state index is -0.512. The lowest BCUT2D eigenvalue weighted by atomic mass is 9.90. The zero-order chi connectivity index (χ0) is 20.0. The highest BCUT2D eigenvalue weighted by atomic mass is 16.2. The number of carbonyl (C=O) groups excluding carboxylic acids is 3. The summed E-state index contributed by atoms with van der Waals surface area (Å²) >= 11 is 0. The molecule has 3 amide bonds. The van der Waals surface area contributed by atoms with Crippen molar-refractivity contribution >= 4 is 17.7 Å². The molecule has 1 saturated carbocycles. The van der Waals surface area contributed by atoms with Gasteiger partial charge in [0.05, 0.1) is 0 Å². The second kappa shape index (κ2) is 7.06. The molecule has 0 radical (unpaired) electrons. The summed E-state index contributed by atoms with van der Waals surface area (Å²) < 4.78 is 0. The number of hydrogen-bond acceptors (Lipinski definition) is 3. The second-order valence-electron chi connectivity index (χ2n) is 8.31. The molecule has 2 bridgehead atoms. The molecule has 3 aliphatic rings. The number of benzene rings is 1. The van der Waals surface area contributed by atoms with Crippen LogP contribution in [0, 0.1) is 11.8 Å². The number of amides is 3. The summed E-state index contributed by atoms with van der Waals surface area (Å²) in [4.78, 5) is 42.8. The van der Waals surface area contributed by atoms with E-state index in [0.29, 0.717) is 30.8 Å². The first-order valence-electron chi connectivity index (χ1n) is 10.2. The van der Waals surface area contributed by atoms with E-state index in [9.17, 15) is 14.4 Å². The molecule has 1 aliphatic carbocycles. The summed E-state index contributed by atoms with van der Waals surface area (Å²) in [6.45, 7) is 1.25. The summed E-state index contributed by atoms with van der Waals surface area (Å²) in [6, 6.07) is 10.6. The van der Waals surface area contributed by atoms with Crippen LogP contribution in [-0.2, 0) is 11.2 Å².